The van der Waals surface area contributed by atoms with E-state index < -0.39 is 0 Å². The monoisotopic (exact) mass is 379 g/mol. The highest BCUT2D eigenvalue weighted by Gasteiger charge is 2.11. The Hall–Kier alpha value is -4.06. The molecule has 3 aromatic heterocycles. The summed E-state index contributed by atoms with van der Waals surface area (Å²) in [5.74, 6) is 0.692. The van der Waals surface area contributed by atoms with E-state index in [2.05, 4.69) is 20.3 Å². The van der Waals surface area contributed by atoms with Crippen molar-refractivity contribution in [2.75, 3.05) is 5.32 Å². The van der Waals surface area contributed by atoms with Crippen molar-refractivity contribution in [1.29, 1.82) is 0 Å². The predicted octanol–water partition coefficient (Wildman–Crippen LogP) is 4.53. The number of aromatic nitrogens is 4. The Bertz CT molecular complexity index is 1360. The van der Waals surface area contributed by atoms with Crippen molar-refractivity contribution in [1.82, 2.24) is 19.5 Å². The Kier molecular flexibility index (Phi) is 4.02. The van der Waals surface area contributed by atoms with E-state index in [4.69, 9.17) is 0 Å². The van der Waals surface area contributed by atoms with Gasteiger partial charge < -0.3 is 5.32 Å². The zero-order valence-corrected chi connectivity index (χ0v) is 15.7. The summed E-state index contributed by atoms with van der Waals surface area (Å²) in [6.07, 6.45) is 5.17. The van der Waals surface area contributed by atoms with Crippen LogP contribution in [0.3, 0.4) is 0 Å². The standard InChI is InChI=1S/C23H17N5O/c1-15-26-21-14-24-11-10-22(21)28(15)19-8-6-16(7-9-19)23(29)27-18-12-17-4-2-3-5-20(17)25-13-18/h2-14H,1H3,(H,27,29). The van der Waals surface area contributed by atoms with Gasteiger partial charge in [0.15, 0.2) is 0 Å². The number of carbonyl (C=O) groups is 1. The first-order chi connectivity index (χ1) is 14.2. The maximum Gasteiger partial charge on any atom is 0.255 e. The molecule has 0 unspecified atom stereocenters. The number of pyridine rings is 2. The molecule has 5 aromatic rings. The molecule has 0 radical (unpaired) electrons. The second-order valence-electron chi connectivity index (χ2n) is 6.78. The summed E-state index contributed by atoms with van der Waals surface area (Å²) in [4.78, 5) is 25.7. The van der Waals surface area contributed by atoms with Crippen molar-refractivity contribution in [3.8, 4) is 5.69 Å². The van der Waals surface area contributed by atoms with Gasteiger partial charge in [-0.2, -0.15) is 0 Å². The first kappa shape index (κ1) is 17.1. The van der Waals surface area contributed by atoms with Crippen LogP contribution >= 0.6 is 0 Å². The number of nitrogens with zero attached hydrogens (tertiary/aromatic N) is 4. The zero-order valence-electron chi connectivity index (χ0n) is 15.7. The highest BCUT2D eigenvalue weighted by atomic mass is 16.1. The molecule has 0 spiro atoms. The fourth-order valence-corrected chi connectivity index (χ4v) is 3.48. The number of fused-ring (bicyclic) bond motifs is 2. The quantitative estimate of drug-likeness (QED) is 0.500. The number of hydrogen-bond acceptors (Lipinski definition) is 4. The van der Waals surface area contributed by atoms with Crippen LogP contribution in [0.5, 0.6) is 0 Å². The third kappa shape index (κ3) is 3.10. The lowest BCUT2D eigenvalue weighted by Crippen LogP contribution is -2.12. The number of hydrogen-bond donors (Lipinski definition) is 1. The number of para-hydroxylation sites is 1. The molecule has 0 aliphatic rings. The molecule has 6 nitrogen and oxygen atoms in total. The summed E-state index contributed by atoms with van der Waals surface area (Å²) in [6.45, 7) is 1.95. The number of nitrogens with one attached hydrogen (secondary N) is 1. The van der Waals surface area contributed by atoms with Crippen LogP contribution in [0.2, 0.25) is 0 Å². The van der Waals surface area contributed by atoms with Crippen LogP contribution in [0.25, 0.3) is 27.6 Å². The molecule has 0 saturated heterocycles. The molecule has 0 aliphatic carbocycles. The molecule has 5 rings (SSSR count). The third-order valence-electron chi connectivity index (χ3n) is 4.86. The van der Waals surface area contributed by atoms with E-state index >= 15 is 0 Å². The molecular formula is C23H17N5O. The van der Waals surface area contributed by atoms with Crippen LogP contribution in [0.15, 0.2) is 79.3 Å². The minimum atomic E-state index is -0.176. The maximum atomic E-state index is 12.7. The number of benzene rings is 2. The van der Waals surface area contributed by atoms with E-state index in [0.717, 1.165) is 33.4 Å². The molecule has 0 bridgehead atoms. The Labute approximate surface area is 166 Å². The zero-order chi connectivity index (χ0) is 19.8. The van der Waals surface area contributed by atoms with Gasteiger partial charge in [0, 0.05) is 22.8 Å². The van der Waals surface area contributed by atoms with Gasteiger partial charge in [-0.3, -0.25) is 19.3 Å². The number of anilines is 1. The highest BCUT2D eigenvalue weighted by molar-refractivity contribution is 6.05. The van der Waals surface area contributed by atoms with Crippen LogP contribution in [-0.4, -0.2) is 25.4 Å². The topological polar surface area (TPSA) is 72.7 Å². The van der Waals surface area contributed by atoms with Gasteiger partial charge in [-0.1, -0.05) is 18.2 Å². The number of imidazole rings is 1. The van der Waals surface area contributed by atoms with Crippen LogP contribution in [0.1, 0.15) is 16.2 Å². The van der Waals surface area contributed by atoms with Gasteiger partial charge in [0.2, 0.25) is 0 Å². The minimum absolute atomic E-state index is 0.176. The van der Waals surface area contributed by atoms with Gasteiger partial charge in [0.05, 0.1) is 29.1 Å². The van der Waals surface area contributed by atoms with E-state index in [9.17, 15) is 4.79 Å². The average molecular weight is 379 g/mol. The van der Waals surface area contributed by atoms with Gasteiger partial charge in [-0.25, -0.2) is 4.98 Å². The van der Waals surface area contributed by atoms with E-state index in [1.165, 1.54) is 0 Å². The number of rotatable bonds is 3. The van der Waals surface area contributed by atoms with Gasteiger partial charge >= 0.3 is 0 Å². The predicted molar refractivity (Wildman–Crippen MR) is 113 cm³/mol. The van der Waals surface area contributed by atoms with Crippen LogP contribution in [0.4, 0.5) is 5.69 Å². The molecule has 0 atom stereocenters. The van der Waals surface area contributed by atoms with E-state index in [1.807, 2.05) is 72.2 Å². The normalized spacial score (nSPS) is 11.1. The van der Waals surface area contributed by atoms with Crippen molar-refractivity contribution in [2.24, 2.45) is 0 Å². The van der Waals surface area contributed by atoms with E-state index in [0.29, 0.717) is 11.3 Å². The fraction of sp³-hybridized carbons (Fsp3) is 0.0435. The maximum absolute atomic E-state index is 12.7. The lowest BCUT2D eigenvalue weighted by atomic mass is 10.1. The number of carbonyl (C=O) groups excluding carboxylic acids is 1. The third-order valence-corrected chi connectivity index (χ3v) is 4.86. The average Bonchev–Trinajstić information content (AvgIpc) is 3.09. The fourth-order valence-electron chi connectivity index (χ4n) is 3.48. The molecule has 0 saturated carbocycles. The molecule has 2 aromatic carbocycles. The number of aryl methyl sites for hydroxylation is 1. The summed E-state index contributed by atoms with van der Waals surface area (Å²) < 4.78 is 2.05. The van der Waals surface area contributed by atoms with Gasteiger partial charge in [0.25, 0.3) is 5.91 Å². The van der Waals surface area contributed by atoms with Crippen LogP contribution in [-0.2, 0) is 0 Å². The van der Waals surface area contributed by atoms with Crippen molar-refractivity contribution >= 4 is 33.5 Å². The molecule has 1 amide bonds. The highest BCUT2D eigenvalue weighted by Crippen LogP contribution is 2.21. The Morgan fingerprint density at radius 2 is 1.79 bits per heavy atom. The second-order valence-corrected chi connectivity index (χ2v) is 6.78. The second kappa shape index (κ2) is 6.83. The summed E-state index contributed by atoms with van der Waals surface area (Å²) in [5.41, 5.74) is 4.91. The Morgan fingerprint density at radius 3 is 2.66 bits per heavy atom. The summed E-state index contributed by atoms with van der Waals surface area (Å²) in [6, 6.07) is 19.1. The molecule has 6 heteroatoms. The SMILES string of the molecule is Cc1nc2cnccc2n1-c1ccc(C(=O)Nc2cnc3ccccc3c2)cc1. The lowest BCUT2D eigenvalue weighted by Gasteiger charge is -2.09. The molecule has 0 fully saturated rings. The molecule has 0 aliphatic heterocycles. The largest absolute Gasteiger partial charge is 0.321 e. The van der Waals surface area contributed by atoms with E-state index in [-0.39, 0.29) is 5.91 Å². The van der Waals surface area contributed by atoms with Crippen LogP contribution < -0.4 is 5.32 Å². The molecule has 140 valence electrons. The van der Waals surface area contributed by atoms with Crippen molar-refractivity contribution < 1.29 is 4.79 Å². The van der Waals surface area contributed by atoms with Crippen molar-refractivity contribution in [2.45, 2.75) is 6.92 Å². The molecule has 29 heavy (non-hydrogen) atoms. The minimum Gasteiger partial charge on any atom is -0.321 e. The summed E-state index contributed by atoms with van der Waals surface area (Å²) in [5, 5.41) is 3.90. The van der Waals surface area contributed by atoms with Gasteiger partial charge in [-0.05, 0) is 49.4 Å². The summed E-state index contributed by atoms with van der Waals surface area (Å²) in [7, 11) is 0. The first-order valence-corrected chi connectivity index (χ1v) is 9.25. The Balaban J connectivity index is 1.42. The van der Waals surface area contributed by atoms with Gasteiger partial charge in [-0.15, -0.1) is 0 Å². The summed E-state index contributed by atoms with van der Waals surface area (Å²) >= 11 is 0. The lowest BCUT2D eigenvalue weighted by molar-refractivity contribution is 0.102. The Morgan fingerprint density at radius 1 is 0.966 bits per heavy atom. The van der Waals surface area contributed by atoms with Crippen molar-refractivity contribution in [3.63, 3.8) is 0 Å². The van der Waals surface area contributed by atoms with Crippen molar-refractivity contribution in [3.05, 3.63) is 90.6 Å². The molecular weight excluding hydrogens is 362 g/mol. The molecule has 3 heterocycles. The smallest absolute Gasteiger partial charge is 0.255 e. The molecule has 1 N–H and O–H groups in total. The van der Waals surface area contributed by atoms with Gasteiger partial charge in [0.1, 0.15) is 11.3 Å². The number of amides is 1. The first-order valence-electron chi connectivity index (χ1n) is 9.25. The van der Waals surface area contributed by atoms with E-state index in [1.54, 1.807) is 18.6 Å². The van der Waals surface area contributed by atoms with Crippen LogP contribution in [0, 0.1) is 6.92 Å².